The molecule has 0 saturated heterocycles. The SMILES string of the molecule is C=CCC(N)c1cc(-c2ccc(N(C)C(=O)O)cc2[N+](=O)[O-])c(Cl)nn1. The number of nitrogens with two attached hydrogens (primary N) is 1. The first-order valence-corrected chi connectivity index (χ1v) is 7.79. The van der Waals surface area contributed by atoms with E-state index < -0.39 is 17.1 Å². The van der Waals surface area contributed by atoms with Gasteiger partial charge in [-0.3, -0.25) is 15.0 Å². The van der Waals surface area contributed by atoms with E-state index in [1.54, 1.807) is 6.08 Å². The Balaban J connectivity index is 2.60. The van der Waals surface area contributed by atoms with Crippen LogP contribution in [0, 0.1) is 10.1 Å². The number of halogens is 1. The fourth-order valence-corrected chi connectivity index (χ4v) is 2.47. The summed E-state index contributed by atoms with van der Waals surface area (Å²) >= 11 is 6.08. The molecule has 1 aromatic carbocycles. The Hall–Kier alpha value is -3.04. The smallest absolute Gasteiger partial charge is 0.411 e. The minimum absolute atomic E-state index is 0.0259. The number of carboxylic acid groups (broad SMARTS) is 1. The lowest BCUT2D eigenvalue weighted by Gasteiger charge is -2.15. The van der Waals surface area contributed by atoms with Gasteiger partial charge in [0.1, 0.15) is 0 Å². The monoisotopic (exact) mass is 377 g/mol. The molecule has 9 nitrogen and oxygen atoms in total. The third-order valence-electron chi connectivity index (χ3n) is 3.71. The zero-order valence-corrected chi connectivity index (χ0v) is 14.6. The van der Waals surface area contributed by atoms with E-state index in [2.05, 4.69) is 16.8 Å². The van der Waals surface area contributed by atoms with Gasteiger partial charge in [-0.2, -0.15) is 5.10 Å². The van der Waals surface area contributed by atoms with Crippen LogP contribution in [-0.4, -0.2) is 33.4 Å². The summed E-state index contributed by atoms with van der Waals surface area (Å²) in [6, 6.07) is 5.07. The Bertz CT molecular complexity index is 874. The van der Waals surface area contributed by atoms with E-state index in [1.807, 2.05) is 0 Å². The molecule has 1 unspecified atom stereocenters. The lowest BCUT2D eigenvalue weighted by molar-refractivity contribution is -0.384. The molecule has 0 spiro atoms. The molecule has 3 N–H and O–H groups in total. The lowest BCUT2D eigenvalue weighted by atomic mass is 10.0. The van der Waals surface area contributed by atoms with Crippen LogP contribution >= 0.6 is 11.6 Å². The number of rotatable bonds is 6. The van der Waals surface area contributed by atoms with Crippen LogP contribution in [0.2, 0.25) is 5.15 Å². The average Bonchev–Trinajstić information content (AvgIpc) is 2.61. The molecule has 1 atom stereocenters. The molecule has 10 heteroatoms. The molecule has 0 saturated carbocycles. The first-order valence-electron chi connectivity index (χ1n) is 7.41. The van der Waals surface area contributed by atoms with E-state index in [1.165, 1.54) is 25.2 Å². The number of amides is 1. The van der Waals surface area contributed by atoms with E-state index in [4.69, 9.17) is 22.4 Å². The number of nitro benzene ring substituents is 1. The predicted molar refractivity (Wildman–Crippen MR) is 97.3 cm³/mol. The highest BCUT2D eigenvalue weighted by atomic mass is 35.5. The summed E-state index contributed by atoms with van der Waals surface area (Å²) in [6.45, 7) is 3.61. The molecule has 2 rings (SSSR count). The van der Waals surface area contributed by atoms with Gasteiger partial charge < -0.3 is 10.8 Å². The van der Waals surface area contributed by atoms with E-state index in [-0.39, 0.29) is 27.7 Å². The second-order valence-corrected chi connectivity index (χ2v) is 5.76. The number of nitrogens with zero attached hydrogens (tertiary/aromatic N) is 4. The number of aromatic nitrogens is 2. The zero-order valence-electron chi connectivity index (χ0n) is 13.8. The summed E-state index contributed by atoms with van der Waals surface area (Å²) in [5.41, 5.74) is 6.69. The second kappa shape index (κ2) is 7.89. The summed E-state index contributed by atoms with van der Waals surface area (Å²) in [4.78, 5) is 22.8. The third-order valence-corrected chi connectivity index (χ3v) is 3.99. The van der Waals surface area contributed by atoms with Crippen molar-refractivity contribution < 1.29 is 14.8 Å². The van der Waals surface area contributed by atoms with Crippen LogP contribution < -0.4 is 10.6 Å². The molecule has 0 fully saturated rings. The van der Waals surface area contributed by atoms with Crippen molar-refractivity contribution in [2.75, 3.05) is 11.9 Å². The molecule has 136 valence electrons. The van der Waals surface area contributed by atoms with E-state index in [0.717, 1.165) is 11.0 Å². The van der Waals surface area contributed by atoms with Gasteiger partial charge in [0.2, 0.25) is 0 Å². The van der Waals surface area contributed by atoms with Crippen LogP contribution in [-0.2, 0) is 0 Å². The van der Waals surface area contributed by atoms with Crippen LogP contribution in [0.3, 0.4) is 0 Å². The topological polar surface area (TPSA) is 135 Å². The average molecular weight is 378 g/mol. The van der Waals surface area contributed by atoms with Crippen molar-refractivity contribution in [3.8, 4) is 11.1 Å². The van der Waals surface area contributed by atoms with Crippen LogP contribution in [0.25, 0.3) is 11.1 Å². The summed E-state index contributed by atoms with van der Waals surface area (Å²) in [5.74, 6) is 0. The minimum atomic E-state index is -1.24. The molecule has 2 aromatic rings. The minimum Gasteiger partial charge on any atom is -0.465 e. The highest BCUT2D eigenvalue weighted by Gasteiger charge is 2.22. The van der Waals surface area contributed by atoms with Gasteiger partial charge in [0.15, 0.2) is 5.15 Å². The summed E-state index contributed by atoms with van der Waals surface area (Å²) in [5, 5.41) is 28.2. The molecule has 1 heterocycles. The molecule has 1 amide bonds. The van der Waals surface area contributed by atoms with Crippen molar-refractivity contribution in [3.63, 3.8) is 0 Å². The van der Waals surface area contributed by atoms with Gasteiger partial charge in [-0.05, 0) is 24.6 Å². The number of hydrogen-bond acceptors (Lipinski definition) is 6. The highest BCUT2D eigenvalue weighted by Crippen LogP contribution is 2.37. The molecule has 0 aliphatic rings. The molecule has 1 aromatic heterocycles. The lowest BCUT2D eigenvalue weighted by Crippen LogP contribution is -2.23. The van der Waals surface area contributed by atoms with Gasteiger partial charge in [0.05, 0.1) is 27.9 Å². The molecule has 0 aliphatic heterocycles. The summed E-state index contributed by atoms with van der Waals surface area (Å²) < 4.78 is 0. The van der Waals surface area contributed by atoms with Gasteiger partial charge in [-0.25, -0.2) is 4.79 Å². The van der Waals surface area contributed by atoms with Gasteiger partial charge in [0.25, 0.3) is 5.69 Å². The number of benzene rings is 1. The predicted octanol–water partition coefficient (Wildman–Crippen LogP) is 3.40. The standard InChI is InChI=1S/C16H16ClN5O4/c1-3-4-12(18)13-8-11(15(17)20-19-13)10-6-5-9(21(2)16(23)24)7-14(10)22(25)26/h3,5-8,12H,1,4,18H2,2H3,(H,23,24). The van der Waals surface area contributed by atoms with Crippen molar-refractivity contribution in [1.29, 1.82) is 0 Å². The second-order valence-electron chi connectivity index (χ2n) is 5.40. The number of carbonyl (C=O) groups is 1. The largest absolute Gasteiger partial charge is 0.465 e. The Labute approximate surface area is 153 Å². The van der Waals surface area contributed by atoms with E-state index in [9.17, 15) is 14.9 Å². The quantitative estimate of drug-likeness (QED) is 0.447. The van der Waals surface area contributed by atoms with Crippen LogP contribution in [0.15, 0.2) is 36.9 Å². The highest BCUT2D eigenvalue weighted by molar-refractivity contribution is 6.32. The Morgan fingerprint density at radius 2 is 2.15 bits per heavy atom. The van der Waals surface area contributed by atoms with Gasteiger partial charge in [-0.1, -0.05) is 17.7 Å². The van der Waals surface area contributed by atoms with Crippen molar-refractivity contribution >= 4 is 29.1 Å². The Morgan fingerprint density at radius 1 is 1.46 bits per heavy atom. The van der Waals surface area contributed by atoms with Gasteiger partial charge in [-0.15, -0.1) is 11.7 Å². The Kier molecular flexibility index (Phi) is 5.86. The maximum atomic E-state index is 11.5. The van der Waals surface area contributed by atoms with Crippen molar-refractivity contribution in [3.05, 3.63) is 57.9 Å². The van der Waals surface area contributed by atoms with Gasteiger partial charge in [0, 0.05) is 18.7 Å². The molecule has 0 radical (unpaired) electrons. The van der Waals surface area contributed by atoms with Crippen LogP contribution in [0.5, 0.6) is 0 Å². The van der Waals surface area contributed by atoms with Crippen molar-refractivity contribution in [1.82, 2.24) is 10.2 Å². The fraction of sp³-hybridized carbons (Fsp3) is 0.188. The molecule has 26 heavy (non-hydrogen) atoms. The molecular formula is C16H16ClN5O4. The van der Waals surface area contributed by atoms with Crippen LogP contribution in [0.4, 0.5) is 16.2 Å². The van der Waals surface area contributed by atoms with E-state index >= 15 is 0 Å². The third kappa shape index (κ3) is 3.95. The first-order chi connectivity index (χ1) is 12.3. The summed E-state index contributed by atoms with van der Waals surface area (Å²) in [6.07, 6.45) is 0.827. The van der Waals surface area contributed by atoms with E-state index in [0.29, 0.717) is 12.1 Å². The summed E-state index contributed by atoms with van der Waals surface area (Å²) in [7, 11) is 1.29. The molecule has 0 aliphatic carbocycles. The van der Waals surface area contributed by atoms with Gasteiger partial charge >= 0.3 is 6.09 Å². The fourth-order valence-electron chi connectivity index (χ4n) is 2.28. The first kappa shape index (κ1) is 19.3. The number of hydrogen-bond donors (Lipinski definition) is 2. The molecule has 0 bridgehead atoms. The van der Waals surface area contributed by atoms with Crippen LogP contribution in [0.1, 0.15) is 18.2 Å². The normalized spacial score (nSPS) is 11.7. The maximum Gasteiger partial charge on any atom is 0.411 e. The van der Waals surface area contributed by atoms with Crippen molar-refractivity contribution in [2.24, 2.45) is 5.73 Å². The number of anilines is 1. The maximum absolute atomic E-state index is 11.5. The molecular weight excluding hydrogens is 362 g/mol. The zero-order chi connectivity index (χ0) is 19.4. The number of nitro groups is 1. The Morgan fingerprint density at radius 3 is 2.73 bits per heavy atom. The van der Waals surface area contributed by atoms with Crippen molar-refractivity contribution in [2.45, 2.75) is 12.5 Å².